The molecule has 1 fully saturated rings. The summed E-state index contributed by atoms with van der Waals surface area (Å²) in [6, 6.07) is 8.65. The fourth-order valence-corrected chi connectivity index (χ4v) is 2.57. The number of hydrogen-bond acceptors (Lipinski definition) is 3. The molecule has 1 aromatic rings. The van der Waals surface area contributed by atoms with Crippen molar-refractivity contribution in [2.75, 3.05) is 18.9 Å². The maximum Gasteiger partial charge on any atom is 0.0702 e. The lowest BCUT2D eigenvalue weighted by Crippen LogP contribution is -2.39. The number of anilines is 1. The second kappa shape index (κ2) is 6.92. The SMILES string of the molecule is CC(C)N(Cc1ccccc1N)CC1CCCCO1. The van der Waals surface area contributed by atoms with E-state index in [1.807, 2.05) is 12.1 Å². The molecule has 3 heteroatoms. The van der Waals surface area contributed by atoms with Crippen molar-refractivity contribution < 1.29 is 4.74 Å². The van der Waals surface area contributed by atoms with Crippen LogP contribution in [0.4, 0.5) is 5.69 Å². The molecule has 0 aliphatic carbocycles. The van der Waals surface area contributed by atoms with Gasteiger partial charge >= 0.3 is 0 Å². The summed E-state index contributed by atoms with van der Waals surface area (Å²) in [4.78, 5) is 2.46. The smallest absolute Gasteiger partial charge is 0.0702 e. The van der Waals surface area contributed by atoms with E-state index in [1.54, 1.807) is 0 Å². The van der Waals surface area contributed by atoms with E-state index in [0.717, 1.165) is 25.4 Å². The van der Waals surface area contributed by atoms with Gasteiger partial charge in [-0.05, 0) is 44.7 Å². The van der Waals surface area contributed by atoms with Gasteiger partial charge < -0.3 is 10.5 Å². The summed E-state index contributed by atoms with van der Waals surface area (Å²) in [6.45, 7) is 7.31. The van der Waals surface area contributed by atoms with E-state index in [-0.39, 0.29) is 0 Å². The van der Waals surface area contributed by atoms with Crippen molar-refractivity contribution >= 4 is 5.69 Å². The maximum atomic E-state index is 6.04. The monoisotopic (exact) mass is 262 g/mol. The highest BCUT2D eigenvalue weighted by atomic mass is 16.5. The molecular weight excluding hydrogens is 236 g/mol. The summed E-state index contributed by atoms with van der Waals surface area (Å²) < 4.78 is 5.85. The fraction of sp³-hybridized carbons (Fsp3) is 0.625. The Bertz CT molecular complexity index is 386. The van der Waals surface area contributed by atoms with Gasteiger partial charge in [0.2, 0.25) is 0 Å². The molecule has 1 saturated heterocycles. The summed E-state index contributed by atoms with van der Waals surface area (Å²) in [6.07, 6.45) is 4.09. The molecule has 106 valence electrons. The predicted molar refractivity (Wildman–Crippen MR) is 80.0 cm³/mol. The molecule has 0 spiro atoms. The largest absolute Gasteiger partial charge is 0.398 e. The highest BCUT2D eigenvalue weighted by molar-refractivity contribution is 5.46. The minimum Gasteiger partial charge on any atom is -0.398 e. The lowest BCUT2D eigenvalue weighted by atomic mass is 10.1. The third-order valence-electron chi connectivity index (χ3n) is 3.87. The van der Waals surface area contributed by atoms with Crippen LogP contribution in [0.25, 0.3) is 0 Å². The Morgan fingerprint density at radius 1 is 1.32 bits per heavy atom. The Balaban J connectivity index is 1.97. The number of rotatable bonds is 5. The topological polar surface area (TPSA) is 38.5 Å². The molecule has 1 atom stereocenters. The van der Waals surface area contributed by atoms with Crippen molar-refractivity contribution in [1.82, 2.24) is 4.90 Å². The van der Waals surface area contributed by atoms with Crippen molar-refractivity contribution in [2.24, 2.45) is 0 Å². The molecule has 1 aromatic carbocycles. The average Bonchev–Trinajstić information content (AvgIpc) is 2.41. The van der Waals surface area contributed by atoms with Crippen molar-refractivity contribution in [3.05, 3.63) is 29.8 Å². The number of hydrogen-bond donors (Lipinski definition) is 1. The molecule has 3 nitrogen and oxygen atoms in total. The number of nitrogens with zero attached hydrogens (tertiary/aromatic N) is 1. The molecule has 1 aliphatic heterocycles. The van der Waals surface area contributed by atoms with E-state index in [0.29, 0.717) is 12.1 Å². The summed E-state index contributed by atoms with van der Waals surface area (Å²) in [7, 11) is 0. The van der Waals surface area contributed by atoms with Crippen LogP contribution in [0.2, 0.25) is 0 Å². The molecule has 0 aromatic heterocycles. The van der Waals surface area contributed by atoms with E-state index in [9.17, 15) is 0 Å². The minimum atomic E-state index is 0.390. The standard InChI is InChI=1S/C16H26N2O/c1-13(2)18(12-15-8-5-6-10-19-15)11-14-7-3-4-9-16(14)17/h3-4,7,9,13,15H,5-6,8,10-12,17H2,1-2H3. The van der Waals surface area contributed by atoms with Gasteiger partial charge in [-0.3, -0.25) is 4.90 Å². The predicted octanol–water partition coefficient (Wildman–Crippen LogP) is 3.05. The first kappa shape index (κ1) is 14.4. The van der Waals surface area contributed by atoms with Gasteiger partial charge in [-0.1, -0.05) is 18.2 Å². The Morgan fingerprint density at radius 2 is 2.11 bits per heavy atom. The first-order valence-electron chi connectivity index (χ1n) is 7.36. The number of para-hydroxylation sites is 1. The van der Waals surface area contributed by atoms with Gasteiger partial charge in [0.15, 0.2) is 0 Å². The lowest BCUT2D eigenvalue weighted by Gasteiger charge is -2.32. The van der Waals surface area contributed by atoms with Crippen LogP contribution in [-0.2, 0) is 11.3 Å². The summed E-state index contributed by atoms with van der Waals surface area (Å²) in [5.74, 6) is 0. The molecule has 1 unspecified atom stereocenters. The molecule has 2 N–H and O–H groups in total. The van der Waals surface area contributed by atoms with Crippen molar-refractivity contribution in [1.29, 1.82) is 0 Å². The molecule has 2 rings (SSSR count). The van der Waals surface area contributed by atoms with Gasteiger partial charge in [-0.25, -0.2) is 0 Å². The van der Waals surface area contributed by atoms with Crippen molar-refractivity contribution in [3.63, 3.8) is 0 Å². The first-order chi connectivity index (χ1) is 9.16. The van der Waals surface area contributed by atoms with Gasteiger partial charge in [0, 0.05) is 31.4 Å². The number of nitrogen functional groups attached to an aromatic ring is 1. The summed E-state index contributed by atoms with van der Waals surface area (Å²) in [5.41, 5.74) is 8.15. The van der Waals surface area contributed by atoms with Crippen LogP contribution in [0, 0.1) is 0 Å². The summed E-state index contributed by atoms with van der Waals surface area (Å²) in [5, 5.41) is 0. The molecule has 1 aliphatic rings. The molecule has 0 saturated carbocycles. The number of benzene rings is 1. The van der Waals surface area contributed by atoms with Crippen LogP contribution in [0.15, 0.2) is 24.3 Å². The van der Waals surface area contributed by atoms with Crippen LogP contribution in [-0.4, -0.2) is 30.2 Å². The molecule has 19 heavy (non-hydrogen) atoms. The quantitative estimate of drug-likeness (QED) is 0.829. The van der Waals surface area contributed by atoms with E-state index in [1.165, 1.54) is 24.8 Å². The van der Waals surface area contributed by atoms with Crippen LogP contribution in [0.5, 0.6) is 0 Å². The Hall–Kier alpha value is -1.06. The summed E-state index contributed by atoms with van der Waals surface area (Å²) >= 11 is 0. The van der Waals surface area contributed by atoms with Crippen LogP contribution in [0.3, 0.4) is 0 Å². The van der Waals surface area contributed by atoms with Gasteiger partial charge in [0.05, 0.1) is 6.10 Å². The normalized spacial score (nSPS) is 20.1. The van der Waals surface area contributed by atoms with Gasteiger partial charge in [-0.2, -0.15) is 0 Å². The zero-order valence-corrected chi connectivity index (χ0v) is 12.1. The maximum absolute atomic E-state index is 6.04. The minimum absolute atomic E-state index is 0.390. The molecule has 0 radical (unpaired) electrons. The second-order valence-electron chi connectivity index (χ2n) is 5.71. The third-order valence-corrected chi connectivity index (χ3v) is 3.87. The Labute approximate surface area is 116 Å². The van der Waals surface area contributed by atoms with E-state index in [2.05, 4.69) is 30.9 Å². The van der Waals surface area contributed by atoms with Gasteiger partial charge in [0.25, 0.3) is 0 Å². The lowest BCUT2D eigenvalue weighted by molar-refractivity contribution is -0.0129. The van der Waals surface area contributed by atoms with Gasteiger partial charge in [0.1, 0.15) is 0 Å². The number of nitrogens with two attached hydrogens (primary N) is 1. The van der Waals surface area contributed by atoms with Crippen LogP contribution >= 0.6 is 0 Å². The fourth-order valence-electron chi connectivity index (χ4n) is 2.57. The van der Waals surface area contributed by atoms with Gasteiger partial charge in [-0.15, -0.1) is 0 Å². The molecular formula is C16H26N2O. The Morgan fingerprint density at radius 3 is 2.74 bits per heavy atom. The molecule has 0 amide bonds. The highest BCUT2D eigenvalue weighted by Crippen LogP contribution is 2.19. The van der Waals surface area contributed by atoms with Crippen molar-refractivity contribution in [3.8, 4) is 0 Å². The number of ether oxygens (including phenoxy) is 1. The molecule has 0 bridgehead atoms. The van der Waals surface area contributed by atoms with E-state index in [4.69, 9.17) is 10.5 Å². The highest BCUT2D eigenvalue weighted by Gasteiger charge is 2.20. The molecule has 1 heterocycles. The Kier molecular flexibility index (Phi) is 5.23. The second-order valence-corrected chi connectivity index (χ2v) is 5.71. The zero-order chi connectivity index (χ0) is 13.7. The zero-order valence-electron chi connectivity index (χ0n) is 12.1. The average molecular weight is 262 g/mol. The van der Waals surface area contributed by atoms with E-state index < -0.39 is 0 Å². The van der Waals surface area contributed by atoms with Crippen LogP contribution < -0.4 is 5.73 Å². The first-order valence-corrected chi connectivity index (χ1v) is 7.36. The van der Waals surface area contributed by atoms with Crippen LogP contribution in [0.1, 0.15) is 38.7 Å². The van der Waals surface area contributed by atoms with Crippen molar-refractivity contribution in [2.45, 2.75) is 51.8 Å². The third kappa shape index (κ3) is 4.22. The van der Waals surface area contributed by atoms with E-state index >= 15 is 0 Å².